The summed E-state index contributed by atoms with van der Waals surface area (Å²) in [4.78, 5) is 35.0. The van der Waals surface area contributed by atoms with Gasteiger partial charge in [0.25, 0.3) is 0 Å². The maximum Gasteiger partial charge on any atom is 0.337 e. The zero-order valence-electron chi connectivity index (χ0n) is 13.6. The highest BCUT2D eigenvalue weighted by molar-refractivity contribution is 5.95. The average molecular weight is 338 g/mol. The molecule has 0 aromatic heterocycles. The quantitative estimate of drug-likeness (QED) is 0.620. The minimum Gasteiger partial charge on any atom is -0.465 e. The van der Waals surface area contributed by atoms with Gasteiger partial charge < -0.3 is 15.8 Å². The Kier molecular flexibility index (Phi) is 6.06. The van der Waals surface area contributed by atoms with Crippen molar-refractivity contribution in [2.75, 3.05) is 7.11 Å². The van der Waals surface area contributed by atoms with Crippen LogP contribution >= 0.6 is 0 Å². The number of methoxy groups -OCH3 is 1. The van der Waals surface area contributed by atoms with E-state index in [9.17, 15) is 14.4 Å². The molecule has 6 heteroatoms. The summed E-state index contributed by atoms with van der Waals surface area (Å²) in [6, 6.07) is 14.4. The van der Waals surface area contributed by atoms with Crippen LogP contribution in [0.25, 0.3) is 6.08 Å². The van der Waals surface area contributed by atoms with Crippen LogP contribution in [0.15, 0.2) is 60.7 Å². The first-order chi connectivity index (χ1) is 12.0. The van der Waals surface area contributed by atoms with Crippen molar-refractivity contribution >= 4 is 23.9 Å². The highest BCUT2D eigenvalue weighted by Crippen LogP contribution is 2.12. The minimum absolute atomic E-state index is 0.418. The Bertz CT molecular complexity index is 783. The molecule has 2 amide bonds. The smallest absolute Gasteiger partial charge is 0.337 e. The van der Waals surface area contributed by atoms with Gasteiger partial charge in [-0.25, -0.2) is 4.79 Å². The Morgan fingerprint density at radius 1 is 1.04 bits per heavy atom. The lowest BCUT2D eigenvalue weighted by atomic mass is 10.1. The predicted octanol–water partition coefficient (Wildman–Crippen LogP) is 1.83. The van der Waals surface area contributed by atoms with Gasteiger partial charge in [0, 0.05) is 6.08 Å². The molecule has 0 saturated carbocycles. The number of benzene rings is 2. The van der Waals surface area contributed by atoms with Crippen molar-refractivity contribution in [3.8, 4) is 0 Å². The molecule has 0 saturated heterocycles. The molecule has 2 aromatic carbocycles. The van der Waals surface area contributed by atoms with E-state index in [0.29, 0.717) is 11.1 Å². The van der Waals surface area contributed by atoms with E-state index in [2.05, 4.69) is 10.1 Å². The molecule has 25 heavy (non-hydrogen) atoms. The van der Waals surface area contributed by atoms with Gasteiger partial charge in [-0.05, 0) is 29.3 Å². The van der Waals surface area contributed by atoms with Crippen LogP contribution in [0.2, 0.25) is 0 Å². The molecule has 6 nitrogen and oxygen atoms in total. The Hall–Kier alpha value is -3.41. The zero-order chi connectivity index (χ0) is 18.2. The Morgan fingerprint density at radius 3 is 2.24 bits per heavy atom. The largest absolute Gasteiger partial charge is 0.465 e. The first kappa shape index (κ1) is 17.9. The van der Waals surface area contributed by atoms with E-state index in [1.54, 1.807) is 60.7 Å². The van der Waals surface area contributed by atoms with Gasteiger partial charge in [-0.3, -0.25) is 9.59 Å². The van der Waals surface area contributed by atoms with Crippen molar-refractivity contribution in [3.05, 3.63) is 77.4 Å². The second kappa shape index (κ2) is 8.44. The lowest BCUT2D eigenvalue weighted by molar-refractivity contribution is -0.125. The van der Waals surface area contributed by atoms with Crippen molar-refractivity contribution in [2.45, 2.75) is 6.04 Å². The number of carbonyl (C=O) groups is 3. The molecular formula is C19H18N2O4. The molecule has 0 bridgehead atoms. The van der Waals surface area contributed by atoms with Crippen molar-refractivity contribution in [2.24, 2.45) is 5.73 Å². The van der Waals surface area contributed by atoms with E-state index in [0.717, 1.165) is 5.56 Å². The van der Waals surface area contributed by atoms with Crippen LogP contribution in [0, 0.1) is 0 Å². The number of rotatable bonds is 6. The first-order valence-electron chi connectivity index (χ1n) is 7.52. The fourth-order valence-corrected chi connectivity index (χ4v) is 2.17. The first-order valence-corrected chi connectivity index (χ1v) is 7.52. The molecule has 0 heterocycles. The number of nitrogens with one attached hydrogen (secondary N) is 1. The van der Waals surface area contributed by atoms with Gasteiger partial charge in [0.15, 0.2) is 0 Å². The highest BCUT2D eigenvalue weighted by atomic mass is 16.5. The maximum atomic E-state index is 12.0. The summed E-state index contributed by atoms with van der Waals surface area (Å²) in [5, 5.41) is 2.57. The van der Waals surface area contributed by atoms with Crippen LogP contribution in [-0.4, -0.2) is 24.9 Å². The number of amides is 2. The second-order valence-electron chi connectivity index (χ2n) is 5.20. The number of esters is 1. The van der Waals surface area contributed by atoms with Crippen LogP contribution < -0.4 is 11.1 Å². The predicted molar refractivity (Wildman–Crippen MR) is 93.3 cm³/mol. The summed E-state index contributed by atoms with van der Waals surface area (Å²) < 4.78 is 4.62. The summed E-state index contributed by atoms with van der Waals surface area (Å²) in [7, 11) is 1.31. The maximum absolute atomic E-state index is 12.0. The van der Waals surface area contributed by atoms with Crippen molar-refractivity contribution in [3.63, 3.8) is 0 Å². The van der Waals surface area contributed by atoms with Crippen molar-refractivity contribution in [1.82, 2.24) is 5.32 Å². The fraction of sp³-hybridized carbons (Fsp3) is 0.105. The molecule has 2 rings (SSSR count). The monoisotopic (exact) mass is 338 g/mol. The number of nitrogens with two attached hydrogens (primary N) is 1. The molecule has 0 aliphatic rings. The summed E-state index contributed by atoms with van der Waals surface area (Å²) in [6.45, 7) is 0. The molecule has 1 unspecified atom stereocenters. The topological polar surface area (TPSA) is 98.5 Å². The van der Waals surface area contributed by atoms with E-state index in [1.807, 2.05) is 0 Å². The van der Waals surface area contributed by atoms with Crippen LogP contribution in [-0.2, 0) is 14.3 Å². The van der Waals surface area contributed by atoms with Gasteiger partial charge in [0.05, 0.1) is 12.7 Å². The fourth-order valence-electron chi connectivity index (χ4n) is 2.17. The van der Waals surface area contributed by atoms with E-state index < -0.39 is 23.8 Å². The molecule has 3 N–H and O–H groups in total. The average Bonchev–Trinajstić information content (AvgIpc) is 2.64. The summed E-state index contributed by atoms with van der Waals surface area (Å²) in [5.74, 6) is -1.53. The summed E-state index contributed by atoms with van der Waals surface area (Å²) in [5.41, 5.74) is 7.11. The molecule has 1 atom stereocenters. The number of hydrogen-bond acceptors (Lipinski definition) is 4. The minimum atomic E-state index is -0.903. The van der Waals surface area contributed by atoms with Crippen molar-refractivity contribution in [1.29, 1.82) is 0 Å². The lowest BCUT2D eigenvalue weighted by Crippen LogP contribution is -2.36. The molecular weight excluding hydrogens is 320 g/mol. The number of carbonyl (C=O) groups excluding carboxylic acids is 3. The van der Waals surface area contributed by atoms with E-state index >= 15 is 0 Å². The lowest BCUT2D eigenvalue weighted by Gasteiger charge is -2.14. The van der Waals surface area contributed by atoms with Gasteiger partial charge in [0.1, 0.15) is 6.04 Å². The molecule has 0 radical (unpaired) electrons. The zero-order valence-corrected chi connectivity index (χ0v) is 13.6. The van der Waals surface area contributed by atoms with Crippen LogP contribution in [0.4, 0.5) is 0 Å². The molecule has 0 spiro atoms. The second-order valence-corrected chi connectivity index (χ2v) is 5.20. The van der Waals surface area contributed by atoms with E-state index in [-0.39, 0.29) is 0 Å². The molecule has 128 valence electrons. The van der Waals surface area contributed by atoms with Crippen molar-refractivity contribution < 1.29 is 19.1 Å². The summed E-state index contributed by atoms with van der Waals surface area (Å²) in [6.07, 6.45) is 2.87. The Labute approximate surface area is 145 Å². The molecule has 0 aliphatic carbocycles. The number of hydrogen-bond donors (Lipinski definition) is 2. The third-order valence-electron chi connectivity index (χ3n) is 3.46. The van der Waals surface area contributed by atoms with E-state index in [1.165, 1.54) is 13.2 Å². The Balaban J connectivity index is 2.04. The van der Waals surface area contributed by atoms with Gasteiger partial charge in [-0.1, -0.05) is 42.5 Å². The highest BCUT2D eigenvalue weighted by Gasteiger charge is 2.18. The normalized spacial score (nSPS) is 11.7. The van der Waals surface area contributed by atoms with Crippen LogP contribution in [0.3, 0.4) is 0 Å². The number of ether oxygens (including phenoxy) is 1. The SMILES string of the molecule is COC(=O)c1ccc(/C=C/C(=O)NC(C(N)=O)c2ccccc2)cc1. The van der Waals surface area contributed by atoms with Gasteiger partial charge in [0.2, 0.25) is 11.8 Å². The van der Waals surface area contributed by atoms with Gasteiger partial charge >= 0.3 is 5.97 Å². The molecule has 2 aromatic rings. The van der Waals surface area contributed by atoms with Gasteiger partial charge in [-0.2, -0.15) is 0 Å². The van der Waals surface area contributed by atoms with E-state index in [4.69, 9.17) is 5.73 Å². The summed E-state index contributed by atoms with van der Waals surface area (Å²) >= 11 is 0. The van der Waals surface area contributed by atoms with Crippen LogP contribution in [0.5, 0.6) is 0 Å². The Morgan fingerprint density at radius 2 is 1.68 bits per heavy atom. The number of primary amides is 1. The standard InChI is InChI=1S/C19H18N2O4/c1-25-19(24)15-10-7-13(8-11-15)9-12-16(22)21-17(18(20)23)14-5-3-2-4-6-14/h2-12,17H,1H3,(H2,20,23)(H,21,22)/b12-9+. The third-order valence-corrected chi connectivity index (χ3v) is 3.46. The molecule has 0 fully saturated rings. The van der Waals surface area contributed by atoms with Gasteiger partial charge in [-0.15, -0.1) is 0 Å². The molecule has 0 aliphatic heterocycles. The third kappa shape index (κ3) is 5.04. The van der Waals surface area contributed by atoms with Crippen LogP contribution in [0.1, 0.15) is 27.5 Å².